The molecule has 0 amide bonds. The highest BCUT2D eigenvalue weighted by atomic mass is 15.2. The number of hydrogen-bond acceptors (Lipinski definition) is 4. The zero-order valence-electron chi connectivity index (χ0n) is 6.88. The van der Waals surface area contributed by atoms with Crippen LogP contribution in [0.15, 0.2) is 24.0 Å². The third-order valence-corrected chi connectivity index (χ3v) is 1.65. The molecule has 5 heteroatoms. The van der Waals surface area contributed by atoms with Crippen molar-refractivity contribution in [3.63, 3.8) is 0 Å². The van der Waals surface area contributed by atoms with Gasteiger partial charge in [0.1, 0.15) is 0 Å². The molecule has 0 aliphatic carbocycles. The fourth-order valence-electron chi connectivity index (χ4n) is 1.09. The molecule has 0 radical (unpaired) electrons. The first-order valence-electron chi connectivity index (χ1n) is 3.72. The van der Waals surface area contributed by atoms with Crippen molar-refractivity contribution in [2.24, 2.45) is 4.99 Å². The van der Waals surface area contributed by atoms with Crippen molar-refractivity contribution in [2.75, 3.05) is 5.73 Å². The highest BCUT2D eigenvalue weighted by Gasteiger charge is 2.24. The summed E-state index contributed by atoms with van der Waals surface area (Å²) in [6.45, 7) is 3.59. The predicted octanol–water partition coefficient (Wildman–Crippen LogP) is 0.633. The molecule has 0 atom stereocenters. The van der Waals surface area contributed by atoms with E-state index in [0.29, 0.717) is 17.3 Å². The number of nitrogens with two attached hydrogens (primary N) is 1. The molecule has 5 nitrogen and oxygen atoms in total. The van der Waals surface area contributed by atoms with Gasteiger partial charge in [0.15, 0.2) is 12.1 Å². The van der Waals surface area contributed by atoms with Crippen LogP contribution < -0.4 is 5.73 Å². The monoisotopic (exact) mass is 174 g/mol. The summed E-state index contributed by atoms with van der Waals surface area (Å²) in [6, 6.07) is 0. The molecule has 2 rings (SSSR count). The molecule has 0 saturated carbocycles. The molecule has 1 aliphatic rings. The van der Waals surface area contributed by atoms with Gasteiger partial charge in [0.05, 0.1) is 6.21 Å². The second-order valence-electron chi connectivity index (χ2n) is 2.47. The molecule has 2 N–H and O–H groups in total. The number of fused-ring (bicyclic) bond motifs is 1. The fraction of sp³-hybridized carbons (Fsp3) is 0. The van der Waals surface area contributed by atoms with E-state index in [-0.39, 0.29) is 0 Å². The average molecular weight is 174 g/mol. The van der Waals surface area contributed by atoms with Gasteiger partial charge in [0, 0.05) is 0 Å². The van der Waals surface area contributed by atoms with Crippen molar-refractivity contribution >= 4 is 29.9 Å². The molecule has 0 unspecified atom stereocenters. The molecule has 0 fully saturated rings. The standard InChI is InChI=1S/C8H8N5/c1-2-3-13-5-12-6-7(9)10-4-11-8(6)13/h2-5H,1H2,(H2,9,10,11)/q+1. The largest absolute Gasteiger partial charge is 0.380 e. The van der Waals surface area contributed by atoms with E-state index in [4.69, 9.17) is 5.73 Å². The van der Waals surface area contributed by atoms with E-state index in [2.05, 4.69) is 21.5 Å². The fourth-order valence-corrected chi connectivity index (χ4v) is 1.09. The van der Waals surface area contributed by atoms with Crippen LogP contribution in [0.5, 0.6) is 0 Å². The lowest BCUT2D eigenvalue weighted by Crippen LogP contribution is -2.01. The number of hydrogen-bond donors (Lipinski definition) is 1. The van der Waals surface area contributed by atoms with E-state index in [0.717, 1.165) is 0 Å². The topological polar surface area (TPSA) is 67.2 Å². The highest BCUT2D eigenvalue weighted by Crippen LogP contribution is 2.32. The summed E-state index contributed by atoms with van der Waals surface area (Å²) in [5.74, 6) is 1.08. The van der Waals surface area contributed by atoms with Crippen LogP contribution in [-0.2, 0) is 0 Å². The smallest absolute Gasteiger partial charge is 0.315 e. The van der Waals surface area contributed by atoms with Crippen molar-refractivity contribution < 1.29 is 4.58 Å². The van der Waals surface area contributed by atoms with Gasteiger partial charge < -0.3 is 5.73 Å². The molecule has 1 aromatic heterocycles. The van der Waals surface area contributed by atoms with Gasteiger partial charge in [-0.3, -0.25) is 0 Å². The number of nitrogen functional groups attached to an aromatic ring is 1. The Bertz CT molecular complexity index is 419. The zero-order chi connectivity index (χ0) is 9.26. The van der Waals surface area contributed by atoms with Gasteiger partial charge in [-0.2, -0.15) is 4.98 Å². The van der Waals surface area contributed by atoms with E-state index < -0.39 is 0 Å². The SMILES string of the molecule is C=CC=[N+]1C=Nc2c(N)ncnc21. The van der Waals surface area contributed by atoms with Gasteiger partial charge in [-0.15, -0.1) is 0 Å². The lowest BCUT2D eigenvalue weighted by molar-refractivity contribution is -0.287. The molecule has 0 saturated heterocycles. The van der Waals surface area contributed by atoms with Crippen molar-refractivity contribution in [2.45, 2.75) is 0 Å². The van der Waals surface area contributed by atoms with Gasteiger partial charge in [0.2, 0.25) is 6.34 Å². The van der Waals surface area contributed by atoms with Crippen LogP contribution in [0.25, 0.3) is 0 Å². The Morgan fingerprint density at radius 3 is 3.08 bits per heavy atom. The molecule has 0 aromatic carbocycles. The molecule has 1 aliphatic heterocycles. The Morgan fingerprint density at radius 1 is 1.46 bits per heavy atom. The van der Waals surface area contributed by atoms with Crippen LogP contribution in [0.4, 0.5) is 17.3 Å². The summed E-state index contributed by atoms with van der Waals surface area (Å²) >= 11 is 0. The van der Waals surface area contributed by atoms with Gasteiger partial charge in [-0.05, 0) is 6.08 Å². The predicted molar refractivity (Wildman–Crippen MR) is 50.8 cm³/mol. The molecule has 1 aromatic rings. The van der Waals surface area contributed by atoms with Crippen LogP contribution in [0.1, 0.15) is 0 Å². The molecule has 0 spiro atoms. The third-order valence-electron chi connectivity index (χ3n) is 1.65. The third kappa shape index (κ3) is 1.10. The van der Waals surface area contributed by atoms with Crippen LogP contribution >= 0.6 is 0 Å². The van der Waals surface area contributed by atoms with Crippen LogP contribution in [0, 0.1) is 0 Å². The maximum Gasteiger partial charge on any atom is 0.315 e. The number of allylic oxidation sites excluding steroid dienone is 1. The first-order valence-corrected chi connectivity index (χ1v) is 3.72. The number of aliphatic imine (C=N–C) groups is 1. The van der Waals surface area contributed by atoms with E-state index >= 15 is 0 Å². The minimum atomic E-state index is 0.390. The van der Waals surface area contributed by atoms with E-state index in [1.807, 2.05) is 0 Å². The molecule has 13 heavy (non-hydrogen) atoms. The molecule has 64 valence electrons. The first-order chi connectivity index (χ1) is 6.33. The summed E-state index contributed by atoms with van der Waals surface area (Å²) in [5, 5.41) is 0. The Balaban J connectivity index is 2.61. The Labute approximate surface area is 75.0 Å². The lowest BCUT2D eigenvalue weighted by Gasteiger charge is -1.92. The van der Waals surface area contributed by atoms with Gasteiger partial charge in [-0.25, -0.2) is 4.58 Å². The number of rotatable bonds is 1. The second-order valence-corrected chi connectivity index (χ2v) is 2.47. The second kappa shape index (κ2) is 2.78. The van der Waals surface area contributed by atoms with Gasteiger partial charge >= 0.3 is 5.82 Å². The Morgan fingerprint density at radius 2 is 2.31 bits per heavy atom. The molecule has 0 bridgehead atoms. The summed E-state index contributed by atoms with van der Waals surface area (Å²) in [4.78, 5) is 12.0. The summed E-state index contributed by atoms with van der Waals surface area (Å²) in [6.07, 6.45) is 6.44. The van der Waals surface area contributed by atoms with Crippen molar-refractivity contribution in [3.8, 4) is 0 Å². The molecule has 2 heterocycles. The van der Waals surface area contributed by atoms with Gasteiger partial charge in [-0.1, -0.05) is 16.6 Å². The van der Waals surface area contributed by atoms with E-state index in [1.165, 1.54) is 6.33 Å². The summed E-state index contributed by atoms with van der Waals surface area (Å²) in [7, 11) is 0. The minimum absolute atomic E-state index is 0.390. The van der Waals surface area contributed by atoms with Gasteiger partial charge in [0.25, 0.3) is 5.69 Å². The highest BCUT2D eigenvalue weighted by molar-refractivity contribution is 5.82. The molecular weight excluding hydrogens is 166 g/mol. The molecular formula is C8H8N5+. The van der Waals surface area contributed by atoms with Crippen LogP contribution in [0.3, 0.4) is 0 Å². The summed E-state index contributed by atoms with van der Waals surface area (Å²) < 4.78 is 1.74. The first kappa shape index (κ1) is 7.60. The number of anilines is 1. The quantitative estimate of drug-likeness (QED) is 0.635. The van der Waals surface area contributed by atoms with Crippen molar-refractivity contribution in [3.05, 3.63) is 19.0 Å². The van der Waals surface area contributed by atoms with Crippen LogP contribution in [0.2, 0.25) is 0 Å². The summed E-state index contributed by atoms with van der Waals surface area (Å²) in [5.41, 5.74) is 6.21. The number of nitrogens with zero attached hydrogens (tertiary/aromatic N) is 4. The van der Waals surface area contributed by atoms with E-state index in [1.54, 1.807) is 23.2 Å². The average Bonchev–Trinajstić information content (AvgIpc) is 2.51. The maximum atomic E-state index is 5.60. The Hall–Kier alpha value is -2.04. The van der Waals surface area contributed by atoms with E-state index in [9.17, 15) is 0 Å². The maximum absolute atomic E-state index is 5.60. The lowest BCUT2D eigenvalue weighted by atomic mass is 10.4. The van der Waals surface area contributed by atoms with Crippen LogP contribution in [-0.4, -0.2) is 27.1 Å². The zero-order valence-corrected chi connectivity index (χ0v) is 6.88. The normalized spacial score (nSPS) is 16.2. The van der Waals surface area contributed by atoms with Crippen molar-refractivity contribution in [1.29, 1.82) is 0 Å². The minimum Gasteiger partial charge on any atom is -0.380 e. The number of aromatic nitrogens is 2. The Kier molecular flexibility index (Phi) is 1.63. The van der Waals surface area contributed by atoms with Crippen molar-refractivity contribution in [1.82, 2.24) is 9.97 Å².